The van der Waals surface area contributed by atoms with E-state index in [0.717, 1.165) is 44.2 Å². The van der Waals surface area contributed by atoms with Gasteiger partial charge < -0.3 is 15.0 Å². The number of aryl methyl sites for hydroxylation is 1. The quantitative estimate of drug-likeness (QED) is 0.838. The zero-order valence-corrected chi connectivity index (χ0v) is 13.7. The lowest BCUT2D eigenvalue weighted by molar-refractivity contribution is 0.0215. The Hall–Kier alpha value is -1.13. The first kappa shape index (κ1) is 16.2. The molecule has 0 radical (unpaired) electrons. The molecule has 1 unspecified atom stereocenters. The van der Waals surface area contributed by atoms with E-state index >= 15 is 0 Å². The molecule has 0 aliphatic carbocycles. The largest absolute Gasteiger partial charge is 0.376 e. The van der Waals surface area contributed by atoms with Crippen molar-refractivity contribution in [1.29, 1.82) is 0 Å². The number of rotatable bonds is 7. The summed E-state index contributed by atoms with van der Waals surface area (Å²) in [6.45, 7) is 8.04. The van der Waals surface area contributed by atoms with Crippen molar-refractivity contribution >= 4 is 5.82 Å². The smallest absolute Gasteiger partial charge is 0.128 e. The summed E-state index contributed by atoms with van der Waals surface area (Å²) in [5.41, 5.74) is 2.48. The van der Waals surface area contributed by atoms with Crippen LogP contribution in [0, 0.1) is 0 Å². The highest BCUT2D eigenvalue weighted by Gasteiger charge is 2.17. The van der Waals surface area contributed by atoms with Crippen LogP contribution in [0.25, 0.3) is 0 Å². The molecule has 0 aromatic carbocycles. The number of ether oxygens (including phenoxy) is 1. The summed E-state index contributed by atoms with van der Waals surface area (Å²) in [7, 11) is 2.12. The number of likely N-dealkylation sites (N-methyl/N-ethyl adjacent to an activating group) is 1. The Morgan fingerprint density at radius 1 is 1.33 bits per heavy atom. The van der Waals surface area contributed by atoms with Gasteiger partial charge in [-0.1, -0.05) is 13.8 Å². The van der Waals surface area contributed by atoms with Gasteiger partial charge in [0.2, 0.25) is 0 Å². The fourth-order valence-corrected chi connectivity index (χ4v) is 2.73. The highest BCUT2D eigenvalue weighted by molar-refractivity contribution is 5.42. The van der Waals surface area contributed by atoms with E-state index in [1.54, 1.807) is 0 Å². The molecule has 0 spiro atoms. The molecule has 0 saturated carbocycles. The maximum atomic E-state index is 5.84. The highest BCUT2D eigenvalue weighted by atomic mass is 16.5. The molecular weight excluding hydrogens is 262 g/mol. The number of nitrogens with zero attached hydrogens (tertiary/aromatic N) is 2. The molecule has 21 heavy (non-hydrogen) atoms. The van der Waals surface area contributed by atoms with Gasteiger partial charge in [-0.05, 0) is 49.9 Å². The Kier molecular flexibility index (Phi) is 6.46. The fourth-order valence-electron chi connectivity index (χ4n) is 2.73. The van der Waals surface area contributed by atoms with Crippen LogP contribution in [0.15, 0.2) is 12.1 Å². The third-order valence-electron chi connectivity index (χ3n) is 4.01. The van der Waals surface area contributed by atoms with Gasteiger partial charge in [0.15, 0.2) is 0 Å². The zero-order valence-electron chi connectivity index (χ0n) is 13.7. The van der Waals surface area contributed by atoms with Crippen LogP contribution in [-0.4, -0.2) is 37.8 Å². The predicted molar refractivity (Wildman–Crippen MR) is 87.9 cm³/mol. The van der Waals surface area contributed by atoms with Crippen molar-refractivity contribution in [2.75, 3.05) is 31.6 Å². The second-order valence-electron chi connectivity index (χ2n) is 5.83. The zero-order chi connectivity index (χ0) is 15.1. The molecule has 1 aliphatic rings. The van der Waals surface area contributed by atoms with E-state index in [-0.39, 0.29) is 0 Å². The molecule has 118 valence electrons. The second-order valence-corrected chi connectivity index (χ2v) is 5.83. The van der Waals surface area contributed by atoms with Crippen molar-refractivity contribution in [2.45, 2.75) is 52.2 Å². The second kappa shape index (κ2) is 8.35. The van der Waals surface area contributed by atoms with Gasteiger partial charge in [-0.3, -0.25) is 0 Å². The third kappa shape index (κ3) is 4.97. The van der Waals surface area contributed by atoms with E-state index in [1.165, 1.54) is 24.8 Å². The molecule has 0 amide bonds. The maximum Gasteiger partial charge on any atom is 0.128 e. The normalized spacial score (nSPS) is 18.7. The maximum absolute atomic E-state index is 5.84. The first-order valence-electron chi connectivity index (χ1n) is 8.26. The van der Waals surface area contributed by atoms with E-state index < -0.39 is 0 Å². The topological polar surface area (TPSA) is 37.4 Å². The van der Waals surface area contributed by atoms with Crippen molar-refractivity contribution in [1.82, 2.24) is 10.3 Å². The lowest BCUT2D eigenvalue weighted by Gasteiger charge is -2.28. The minimum absolute atomic E-state index is 0.355. The van der Waals surface area contributed by atoms with Crippen LogP contribution in [0.3, 0.4) is 0 Å². The van der Waals surface area contributed by atoms with E-state index in [4.69, 9.17) is 9.72 Å². The van der Waals surface area contributed by atoms with Gasteiger partial charge >= 0.3 is 0 Å². The minimum atomic E-state index is 0.355. The molecule has 2 rings (SSSR count). The summed E-state index contributed by atoms with van der Waals surface area (Å²) >= 11 is 0. The molecule has 1 aromatic heterocycles. The Morgan fingerprint density at radius 2 is 2.19 bits per heavy atom. The van der Waals surface area contributed by atoms with Crippen LogP contribution in [0.2, 0.25) is 0 Å². The van der Waals surface area contributed by atoms with E-state index in [2.05, 4.69) is 43.2 Å². The van der Waals surface area contributed by atoms with E-state index in [0.29, 0.717) is 6.10 Å². The first-order chi connectivity index (χ1) is 10.2. The average molecular weight is 291 g/mol. The molecule has 1 aliphatic heterocycles. The summed E-state index contributed by atoms with van der Waals surface area (Å²) in [5.74, 6) is 1.07. The lowest BCUT2D eigenvalue weighted by Crippen LogP contribution is -2.34. The number of hydrogen-bond donors (Lipinski definition) is 1. The van der Waals surface area contributed by atoms with E-state index in [9.17, 15) is 0 Å². The van der Waals surface area contributed by atoms with Gasteiger partial charge in [-0.15, -0.1) is 0 Å². The lowest BCUT2D eigenvalue weighted by atomic mass is 10.1. The van der Waals surface area contributed by atoms with Crippen LogP contribution < -0.4 is 10.2 Å². The van der Waals surface area contributed by atoms with Crippen LogP contribution in [0.1, 0.15) is 44.4 Å². The fraction of sp³-hybridized carbons (Fsp3) is 0.706. The van der Waals surface area contributed by atoms with E-state index in [1.807, 2.05) is 0 Å². The average Bonchev–Trinajstić information content (AvgIpc) is 2.53. The Morgan fingerprint density at radius 3 is 2.86 bits per heavy atom. The van der Waals surface area contributed by atoms with Crippen molar-refractivity contribution in [3.8, 4) is 0 Å². The highest BCUT2D eigenvalue weighted by Crippen LogP contribution is 2.18. The Bertz CT molecular complexity index is 430. The Balaban J connectivity index is 2.05. The molecule has 4 heteroatoms. The van der Waals surface area contributed by atoms with Gasteiger partial charge in [0.25, 0.3) is 0 Å². The molecule has 0 bridgehead atoms. The van der Waals surface area contributed by atoms with Gasteiger partial charge in [0.1, 0.15) is 5.82 Å². The SMILES string of the molecule is CCNCc1cc(CC)nc(N(C)CC2CCCCO2)c1. The number of hydrogen-bond acceptors (Lipinski definition) is 4. The molecule has 2 heterocycles. The molecule has 4 nitrogen and oxygen atoms in total. The standard InChI is InChI=1S/C17H29N3O/c1-4-15-10-14(12-18-5-2)11-17(19-15)20(3)13-16-8-6-7-9-21-16/h10-11,16,18H,4-9,12-13H2,1-3H3. The summed E-state index contributed by atoms with van der Waals surface area (Å²) in [6.07, 6.45) is 4.99. The monoisotopic (exact) mass is 291 g/mol. The molecule has 1 aromatic rings. The number of aromatic nitrogens is 1. The van der Waals surface area contributed by atoms with Crippen LogP contribution in [0.4, 0.5) is 5.82 Å². The van der Waals surface area contributed by atoms with Crippen LogP contribution >= 0.6 is 0 Å². The van der Waals surface area contributed by atoms with Crippen molar-refractivity contribution in [3.63, 3.8) is 0 Å². The molecule has 1 atom stereocenters. The first-order valence-corrected chi connectivity index (χ1v) is 8.26. The molecule has 1 saturated heterocycles. The molecule has 1 fully saturated rings. The summed E-state index contributed by atoms with van der Waals surface area (Å²) < 4.78 is 5.84. The van der Waals surface area contributed by atoms with Gasteiger partial charge in [-0.2, -0.15) is 0 Å². The predicted octanol–water partition coefficient (Wildman–Crippen LogP) is 2.76. The summed E-state index contributed by atoms with van der Waals surface area (Å²) in [5, 5.41) is 3.39. The van der Waals surface area contributed by atoms with Gasteiger partial charge in [-0.25, -0.2) is 4.98 Å². The summed E-state index contributed by atoms with van der Waals surface area (Å²) in [4.78, 5) is 7.01. The number of nitrogens with one attached hydrogen (secondary N) is 1. The van der Waals surface area contributed by atoms with Crippen molar-refractivity contribution in [3.05, 3.63) is 23.4 Å². The minimum Gasteiger partial charge on any atom is -0.376 e. The van der Waals surface area contributed by atoms with Crippen molar-refractivity contribution in [2.24, 2.45) is 0 Å². The van der Waals surface area contributed by atoms with Crippen LogP contribution in [-0.2, 0) is 17.7 Å². The van der Waals surface area contributed by atoms with Gasteiger partial charge in [0.05, 0.1) is 6.10 Å². The third-order valence-corrected chi connectivity index (χ3v) is 4.01. The molecule has 1 N–H and O–H groups in total. The summed E-state index contributed by atoms with van der Waals surface area (Å²) in [6, 6.07) is 4.40. The number of anilines is 1. The van der Waals surface area contributed by atoms with Gasteiger partial charge in [0, 0.05) is 32.4 Å². The van der Waals surface area contributed by atoms with Crippen molar-refractivity contribution < 1.29 is 4.74 Å². The molecular formula is C17H29N3O. The number of pyridine rings is 1. The van der Waals surface area contributed by atoms with Crippen LogP contribution in [0.5, 0.6) is 0 Å². The Labute approximate surface area is 128 Å².